The number of aromatic nitrogens is 2. The fraction of sp³-hybridized carbons (Fsp3) is 0.333. The van der Waals surface area contributed by atoms with Crippen LogP contribution in [0.3, 0.4) is 0 Å². The van der Waals surface area contributed by atoms with E-state index in [0.29, 0.717) is 5.92 Å². The first-order valence-corrected chi connectivity index (χ1v) is 9.99. The van der Waals surface area contributed by atoms with Gasteiger partial charge in [-0.05, 0) is 31.2 Å². The summed E-state index contributed by atoms with van der Waals surface area (Å²) in [6.45, 7) is 4.70. The van der Waals surface area contributed by atoms with Crippen LogP contribution < -0.4 is 0 Å². The van der Waals surface area contributed by atoms with Crippen molar-refractivity contribution in [2.75, 3.05) is 13.1 Å². The molecule has 1 aliphatic rings. The number of carbonyl (C=O) groups is 1. The second kappa shape index (κ2) is 7.46. The molecule has 0 aliphatic carbocycles. The lowest BCUT2D eigenvalue weighted by Crippen LogP contribution is -2.41. The molecule has 0 N–H and O–H groups in total. The van der Waals surface area contributed by atoms with Crippen molar-refractivity contribution in [1.82, 2.24) is 14.5 Å². The zero-order valence-electron chi connectivity index (χ0n) is 15.0. The molecule has 3 aromatic rings. The molecule has 0 bridgehead atoms. The summed E-state index contributed by atoms with van der Waals surface area (Å²) in [7, 11) is 0. The second-order valence-corrected chi connectivity index (χ2v) is 8.05. The first-order chi connectivity index (χ1) is 12.7. The van der Waals surface area contributed by atoms with E-state index < -0.39 is 0 Å². The molecule has 3 heterocycles. The molecule has 26 heavy (non-hydrogen) atoms. The Labute approximate surface area is 158 Å². The Balaban J connectivity index is 1.54. The van der Waals surface area contributed by atoms with Crippen LogP contribution in [0, 0.1) is 12.8 Å². The lowest BCUT2D eigenvalue weighted by atomic mass is 9.96. The monoisotopic (exact) mass is 365 g/mol. The summed E-state index contributed by atoms with van der Waals surface area (Å²) in [5.74, 6) is 0.658. The predicted octanol–water partition coefficient (Wildman–Crippen LogP) is 4.47. The van der Waals surface area contributed by atoms with Crippen molar-refractivity contribution in [2.45, 2.75) is 26.3 Å². The summed E-state index contributed by atoms with van der Waals surface area (Å²) in [6.07, 6.45) is 7.89. The maximum atomic E-state index is 13.3. The molecule has 1 amide bonds. The molecule has 0 radical (unpaired) electrons. The maximum Gasteiger partial charge on any atom is 0.255 e. The van der Waals surface area contributed by atoms with Gasteiger partial charge in [0.2, 0.25) is 0 Å². The Bertz CT molecular complexity index is 870. The number of thiophene rings is 1. The maximum absolute atomic E-state index is 13.3. The SMILES string of the molecule is Cc1scc(C(=O)N2CCC[C@@H](Cn3ccnc3)C2)c1-c1ccccc1. The molecular weight excluding hydrogens is 342 g/mol. The second-order valence-electron chi connectivity index (χ2n) is 6.97. The Morgan fingerprint density at radius 3 is 2.92 bits per heavy atom. The number of likely N-dealkylation sites (tertiary alicyclic amines) is 1. The summed E-state index contributed by atoms with van der Waals surface area (Å²) >= 11 is 1.66. The minimum Gasteiger partial charge on any atom is -0.338 e. The van der Waals surface area contributed by atoms with E-state index in [2.05, 4.69) is 28.6 Å². The Kier molecular flexibility index (Phi) is 4.89. The van der Waals surface area contributed by atoms with Crippen LogP contribution in [0.2, 0.25) is 0 Å². The fourth-order valence-electron chi connectivity index (χ4n) is 3.84. The van der Waals surface area contributed by atoms with Crippen molar-refractivity contribution in [3.8, 4) is 11.1 Å². The number of piperidine rings is 1. The lowest BCUT2D eigenvalue weighted by molar-refractivity contribution is 0.0663. The third kappa shape index (κ3) is 3.44. The summed E-state index contributed by atoms with van der Waals surface area (Å²) in [5, 5.41) is 2.03. The van der Waals surface area contributed by atoms with Crippen LogP contribution in [0.5, 0.6) is 0 Å². The molecule has 4 nitrogen and oxygen atoms in total. The van der Waals surface area contributed by atoms with Gasteiger partial charge in [0.1, 0.15) is 0 Å². The van der Waals surface area contributed by atoms with Crippen LogP contribution >= 0.6 is 11.3 Å². The van der Waals surface area contributed by atoms with Gasteiger partial charge >= 0.3 is 0 Å². The summed E-state index contributed by atoms with van der Waals surface area (Å²) in [4.78, 5) is 20.6. The highest BCUT2D eigenvalue weighted by Gasteiger charge is 2.27. The first kappa shape index (κ1) is 17.0. The minimum absolute atomic E-state index is 0.170. The molecule has 0 saturated carbocycles. The van der Waals surface area contributed by atoms with Gasteiger partial charge in [-0.2, -0.15) is 0 Å². The van der Waals surface area contributed by atoms with Gasteiger partial charge in [0.25, 0.3) is 5.91 Å². The molecule has 4 rings (SSSR count). The molecular formula is C21H23N3OS. The van der Waals surface area contributed by atoms with Crippen molar-refractivity contribution in [3.05, 3.63) is 64.9 Å². The van der Waals surface area contributed by atoms with Gasteiger partial charge in [-0.15, -0.1) is 11.3 Å². The molecule has 134 valence electrons. The van der Waals surface area contributed by atoms with E-state index in [1.807, 2.05) is 47.2 Å². The molecule has 2 aromatic heterocycles. The Morgan fingerprint density at radius 2 is 2.15 bits per heavy atom. The van der Waals surface area contributed by atoms with Crippen molar-refractivity contribution in [2.24, 2.45) is 5.92 Å². The number of nitrogens with zero attached hydrogens (tertiary/aromatic N) is 3. The van der Waals surface area contributed by atoms with E-state index in [9.17, 15) is 4.79 Å². The van der Waals surface area contributed by atoms with Gasteiger partial charge < -0.3 is 9.47 Å². The Morgan fingerprint density at radius 1 is 1.31 bits per heavy atom. The van der Waals surface area contributed by atoms with Gasteiger partial charge in [0.05, 0.1) is 11.9 Å². The van der Waals surface area contributed by atoms with Gasteiger partial charge in [-0.1, -0.05) is 30.3 Å². The van der Waals surface area contributed by atoms with Crippen molar-refractivity contribution < 1.29 is 4.79 Å². The number of amides is 1. The average molecular weight is 366 g/mol. The van der Waals surface area contributed by atoms with Crippen LogP contribution in [0.15, 0.2) is 54.4 Å². The molecule has 0 unspecified atom stereocenters. The van der Waals surface area contributed by atoms with E-state index in [1.165, 1.54) is 4.88 Å². The van der Waals surface area contributed by atoms with Gasteiger partial charge in [-0.3, -0.25) is 4.79 Å². The quantitative estimate of drug-likeness (QED) is 0.684. The fourth-order valence-corrected chi connectivity index (χ4v) is 4.70. The van der Waals surface area contributed by atoms with E-state index >= 15 is 0 Å². The molecule has 1 saturated heterocycles. The van der Waals surface area contributed by atoms with Crippen molar-refractivity contribution >= 4 is 17.2 Å². The summed E-state index contributed by atoms with van der Waals surface area (Å²) < 4.78 is 2.11. The van der Waals surface area contributed by atoms with Gasteiger partial charge in [0, 0.05) is 47.8 Å². The lowest BCUT2D eigenvalue weighted by Gasteiger charge is -2.33. The Hall–Kier alpha value is -2.40. The van der Waals surface area contributed by atoms with Crippen molar-refractivity contribution in [1.29, 1.82) is 0 Å². The number of aryl methyl sites for hydroxylation is 1. The van der Waals surface area contributed by atoms with Crippen LogP contribution in [0.1, 0.15) is 28.1 Å². The van der Waals surface area contributed by atoms with E-state index in [-0.39, 0.29) is 5.91 Å². The molecule has 1 fully saturated rings. The third-order valence-electron chi connectivity index (χ3n) is 5.10. The molecule has 1 atom stereocenters. The third-order valence-corrected chi connectivity index (χ3v) is 6.01. The van der Waals surface area contributed by atoms with Crippen LogP contribution in [-0.4, -0.2) is 33.4 Å². The van der Waals surface area contributed by atoms with Gasteiger partial charge in [-0.25, -0.2) is 4.98 Å². The van der Waals surface area contributed by atoms with Gasteiger partial charge in [0.15, 0.2) is 0 Å². The zero-order chi connectivity index (χ0) is 17.9. The molecule has 5 heteroatoms. The smallest absolute Gasteiger partial charge is 0.255 e. The molecule has 0 spiro atoms. The van der Waals surface area contributed by atoms with Crippen LogP contribution in [-0.2, 0) is 6.54 Å². The minimum atomic E-state index is 0.170. The number of carbonyl (C=O) groups excluding carboxylic acids is 1. The van der Waals surface area contributed by atoms with Crippen LogP contribution in [0.4, 0.5) is 0 Å². The number of rotatable bonds is 4. The number of benzene rings is 1. The predicted molar refractivity (Wildman–Crippen MR) is 105 cm³/mol. The standard InChI is InChI=1S/C21H23N3OS/c1-16-20(18-7-3-2-4-8-18)19(14-26-16)21(25)24-10-5-6-17(13-24)12-23-11-9-22-15-23/h2-4,7-9,11,14-15,17H,5-6,10,12-13H2,1H3/t17-/m0/s1. The molecule has 1 aromatic carbocycles. The first-order valence-electron chi connectivity index (χ1n) is 9.11. The number of hydrogen-bond donors (Lipinski definition) is 0. The normalized spacial score (nSPS) is 17.4. The van der Waals surface area contributed by atoms with E-state index in [1.54, 1.807) is 11.3 Å². The number of imidazole rings is 1. The summed E-state index contributed by atoms with van der Waals surface area (Å²) in [6, 6.07) is 10.2. The van der Waals surface area contributed by atoms with Crippen LogP contribution in [0.25, 0.3) is 11.1 Å². The topological polar surface area (TPSA) is 38.1 Å². The summed E-state index contributed by atoms with van der Waals surface area (Å²) in [5.41, 5.74) is 3.07. The highest BCUT2D eigenvalue weighted by molar-refractivity contribution is 7.10. The number of hydrogen-bond acceptors (Lipinski definition) is 3. The molecule has 1 aliphatic heterocycles. The highest BCUT2D eigenvalue weighted by Crippen LogP contribution is 2.34. The zero-order valence-corrected chi connectivity index (χ0v) is 15.8. The van der Waals surface area contributed by atoms with Crippen molar-refractivity contribution in [3.63, 3.8) is 0 Å². The highest BCUT2D eigenvalue weighted by atomic mass is 32.1. The average Bonchev–Trinajstić information content (AvgIpc) is 3.31. The van der Waals surface area contributed by atoms with E-state index in [0.717, 1.165) is 49.2 Å². The van der Waals surface area contributed by atoms with E-state index in [4.69, 9.17) is 0 Å². The largest absolute Gasteiger partial charge is 0.338 e.